The Balaban J connectivity index is 1.77. The van der Waals surface area contributed by atoms with E-state index in [1.165, 1.54) is 0 Å². The largest absolute Gasteiger partial charge is 0.374 e. The molecule has 1 aromatic heterocycles. The van der Waals surface area contributed by atoms with Crippen LogP contribution in [0.5, 0.6) is 0 Å². The number of hydrogen-bond donors (Lipinski definition) is 0. The molecule has 0 spiro atoms. The summed E-state index contributed by atoms with van der Waals surface area (Å²) >= 11 is 0. The molecule has 0 N–H and O–H groups in total. The fourth-order valence-electron chi connectivity index (χ4n) is 3.40. The molecule has 0 aliphatic rings. The van der Waals surface area contributed by atoms with Crippen molar-refractivity contribution < 1.29 is 9.26 Å². The molecule has 0 radical (unpaired) electrons. The van der Waals surface area contributed by atoms with Gasteiger partial charge in [-0.1, -0.05) is 97.1 Å². The zero-order valence-electron chi connectivity index (χ0n) is 16.8. The van der Waals surface area contributed by atoms with Crippen molar-refractivity contribution in [2.45, 2.75) is 12.2 Å². The molecule has 30 heavy (non-hydrogen) atoms. The van der Waals surface area contributed by atoms with E-state index in [4.69, 9.17) is 9.26 Å². The van der Waals surface area contributed by atoms with Crippen LogP contribution in [0.2, 0.25) is 0 Å². The van der Waals surface area contributed by atoms with Crippen LogP contribution in [0.25, 0.3) is 0 Å². The molecule has 0 amide bonds. The van der Waals surface area contributed by atoms with Gasteiger partial charge in [-0.3, -0.25) is 4.98 Å². The number of methoxy groups -OCH3 is 1. The minimum atomic E-state index is -1.06. The van der Waals surface area contributed by atoms with Crippen LogP contribution in [0.3, 0.4) is 0 Å². The van der Waals surface area contributed by atoms with Crippen LogP contribution in [-0.4, -0.2) is 12.1 Å². The van der Waals surface area contributed by atoms with E-state index in [1.807, 2.05) is 48.5 Å². The SMILES string of the molecule is CO[C@@H](c1ccccc1)[C@H](OP(c1ccccc1)c1ccccc1)c1ccccn1. The minimum Gasteiger partial charge on any atom is -0.374 e. The van der Waals surface area contributed by atoms with Crippen molar-refractivity contribution in [1.82, 2.24) is 4.98 Å². The first-order valence-corrected chi connectivity index (χ1v) is 11.2. The molecule has 4 rings (SSSR count). The molecule has 150 valence electrons. The van der Waals surface area contributed by atoms with E-state index in [2.05, 4.69) is 65.6 Å². The normalized spacial score (nSPS) is 13.1. The van der Waals surface area contributed by atoms with Gasteiger partial charge in [0.25, 0.3) is 0 Å². The summed E-state index contributed by atoms with van der Waals surface area (Å²) in [6.45, 7) is 0. The molecule has 0 unspecified atom stereocenters. The van der Waals surface area contributed by atoms with Crippen LogP contribution < -0.4 is 10.6 Å². The number of rotatable bonds is 8. The molecule has 0 bridgehead atoms. The summed E-state index contributed by atoms with van der Waals surface area (Å²) in [5.74, 6) is 0. The van der Waals surface area contributed by atoms with E-state index in [1.54, 1.807) is 13.3 Å². The number of benzene rings is 3. The Morgan fingerprint density at radius 3 is 1.67 bits per heavy atom. The summed E-state index contributed by atoms with van der Waals surface area (Å²) in [5.41, 5.74) is 1.92. The summed E-state index contributed by atoms with van der Waals surface area (Å²) in [6, 6.07) is 36.9. The standard InChI is InChI=1S/C26H24NO2P/c1-28-25(21-13-5-2-6-14-21)26(24-19-11-12-20-27-24)29-30(22-15-7-3-8-16-22)23-17-9-4-10-18-23/h2-20,25-26H,1H3/t25-,26+/m0/s1. The third-order valence-electron chi connectivity index (χ3n) is 4.84. The lowest BCUT2D eigenvalue weighted by Crippen LogP contribution is -2.21. The highest BCUT2D eigenvalue weighted by Gasteiger charge is 2.31. The summed E-state index contributed by atoms with van der Waals surface area (Å²) in [4.78, 5) is 4.62. The first-order valence-electron chi connectivity index (χ1n) is 9.92. The molecule has 0 fully saturated rings. The van der Waals surface area contributed by atoms with Crippen molar-refractivity contribution in [1.29, 1.82) is 0 Å². The van der Waals surface area contributed by atoms with Gasteiger partial charge in [0.1, 0.15) is 12.2 Å². The molecule has 0 aliphatic heterocycles. The van der Waals surface area contributed by atoms with Crippen molar-refractivity contribution in [2.75, 3.05) is 7.11 Å². The quantitative estimate of drug-likeness (QED) is 0.354. The molecule has 4 aromatic rings. The lowest BCUT2D eigenvalue weighted by atomic mass is 10.0. The van der Waals surface area contributed by atoms with Gasteiger partial charge in [-0.25, -0.2) is 0 Å². The van der Waals surface area contributed by atoms with Crippen LogP contribution in [-0.2, 0) is 9.26 Å². The number of pyridine rings is 1. The summed E-state index contributed by atoms with van der Waals surface area (Å²) in [5, 5.41) is 2.31. The van der Waals surface area contributed by atoms with Crippen molar-refractivity contribution >= 4 is 18.8 Å². The van der Waals surface area contributed by atoms with Crippen molar-refractivity contribution in [3.8, 4) is 0 Å². The molecule has 0 saturated heterocycles. The van der Waals surface area contributed by atoms with Crippen molar-refractivity contribution in [3.05, 3.63) is 127 Å². The van der Waals surface area contributed by atoms with E-state index >= 15 is 0 Å². The first kappa shape index (κ1) is 20.4. The molecule has 2 atom stereocenters. The van der Waals surface area contributed by atoms with Gasteiger partial charge in [-0.2, -0.15) is 0 Å². The molecule has 0 saturated carbocycles. The van der Waals surface area contributed by atoms with Gasteiger partial charge in [0, 0.05) is 23.9 Å². The number of aromatic nitrogens is 1. The van der Waals surface area contributed by atoms with Crippen LogP contribution >= 0.6 is 8.15 Å². The Morgan fingerprint density at radius 1 is 0.633 bits per heavy atom. The molecule has 0 aliphatic carbocycles. The van der Waals surface area contributed by atoms with Crippen molar-refractivity contribution in [3.63, 3.8) is 0 Å². The lowest BCUT2D eigenvalue weighted by Gasteiger charge is -2.30. The maximum absolute atomic E-state index is 6.89. The van der Waals surface area contributed by atoms with Gasteiger partial charge >= 0.3 is 0 Å². The van der Waals surface area contributed by atoms with Gasteiger partial charge in [0.2, 0.25) is 0 Å². The highest BCUT2D eigenvalue weighted by atomic mass is 31.1. The average Bonchev–Trinajstić information content (AvgIpc) is 2.84. The second kappa shape index (κ2) is 10.3. The Labute approximate surface area is 179 Å². The number of nitrogens with zero attached hydrogens (tertiary/aromatic N) is 1. The smallest absolute Gasteiger partial charge is 0.135 e. The summed E-state index contributed by atoms with van der Waals surface area (Å²) in [6.07, 6.45) is 1.17. The summed E-state index contributed by atoms with van der Waals surface area (Å²) in [7, 11) is 0.664. The Morgan fingerprint density at radius 2 is 1.17 bits per heavy atom. The van der Waals surface area contributed by atoms with Gasteiger partial charge in [-0.05, 0) is 17.7 Å². The van der Waals surface area contributed by atoms with Gasteiger partial charge in [0.05, 0.1) is 13.8 Å². The predicted octanol–water partition coefficient (Wildman–Crippen LogP) is 5.57. The average molecular weight is 413 g/mol. The van der Waals surface area contributed by atoms with E-state index in [0.29, 0.717) is 0 Å². The predicted molar refractivity (Wildman–Crippen MR) is 123 cm³/mol. The van der Waals surface area contributed by atoms with Crippen LogP contribution in [0.15, 0.2) is 115 Å². The van der Waals surface area contributed by atoms with Gasteiger partial charge < -0.3 is 9.26 Å². The Hall–Kier alpha value is -2.84. The molecule has 4 heteroatoms. The highest BCUT2D eigenvalue weighted by Crippen LogP contribution is 2.46. The Kier molecular flexibility index (Phi) is 6.99. The zero-order valence-corrected chi connectivity index (χ0v) is 17.7. The molecule has 3 aromatic carbocycles. The van der Waals surface area contributed by atoms with Crippen molar-refractivity contribution in [2.24, 2.45) is 0 Å². The molecule has 1 heterocycles. The maximum atomic E-state index is 6.89. The second-order valence-corrected chi connectivity index (χ2v) is 8.65. The topological polar surface area (TPSA) is 31.4 Å². The highest BCUT2D eigenvalue weighted by molar-refractivity contribution is 7.68. The second-order valence-electron chi connectivity index (χ2n) is 6.81. The molecular weight excluding hydrogens is 389 g/mol. The van der Waals surface area contributed by atoms with Crippen LogP contribution in [0.1, 0.15) is 23.5 Å². The zero-order chi connectivity index (χ0) is 20.6. The number of ether oxygens (including phenoxy) is 1. The molecule has 3 nitrogen and oxygen atoms in total. The Bertz CT molecular complexity index is 974. The van der Waals surface area contributed by atoms with E-state index in [-0.39, 0.29) is 12.2 Å². The summed E-state index contributed by atoms with van der Waals surface area (Å²) < 4.78 is 12.9. The monoisotopic (exact) mass is 413 g/mol. The van der Waals surface area contributed by atoms with E-state index < -0.39 is 8.15 Å². The lowest BCUT2D eigenvalue weighted by molar-refractivity contribution is 0.00374. The molecular formula is C26H24NO2P. The third kappa shape index (κ3) is 4.83. The van der Waals surface area contributed by atoms with Crippen LogP contribution in [0.4, 0.5) is 0 Å². The number of hydrogen-bond acceptors (Lipinski definition) is 3. The fourth-order valence-corrected chi connectivity index (χ4v) is 5.27. The maximum Gasteiger partial charge on any atom is 0.135 e. The van der Waals surface area contributed by atoms with Gasteiger partial charge in [0.15, 0.2) is 0 Å². The van der Waals surface area contributed by atoms with Gasteiger partial charge in [-0.15, -0.1) is 0 Å². The minimum absolute atomic E-state index is 0.279. The van der Waals surface area contributed by atoms with E-state index in [0.717, 1.165) is 21.9 Å². The third-order valence-corrected chi connectivity index (χ3v) is 6.81. The fraction of sp³-hybridized carbons (Fsp3) is 0.115. The first-order chi connectivity index (χ1) is 14.9. The van der Waals surface area contributed by atoms with E-state index in [9.17, 15) is 0 Å². The van der Waals surface area contributed by atoms with Crippen LogP contribution in [0, 0.1) is 0 Å².